The van der Waals surface area contributed by atoms with E-state index in [1.807, 2.05) is 0 Å². The van der Waals surface area contributed by atoms with E-state index in [0.717, 1.165) is 50.5 Å². The summed E-state index contributed by atoms with van der Waals surface area (Å²) in [6.07, 6.45) is 3.76. The zero-order valence-corrected chi connectivity index (χ0v) is 9.32. The molecule has 0 spiro atoms. The number of aromatic nitrogens is 2. The lowest BCUT2D eigenvalue weighted by atomic mass is 10.1. The third-order valence-corrected chi connectivity index (χ3v) is 3.38. The molecule has 86 valence electrons. The van der Waals surface area contributed by atoms with Gasteiger partial charge in [-0.2, -0.15) is 0 Å². The fourth-order valence-electron chi connectivity index (χ4n) is 2.52. The summed E-state index contributed by atoms with van der Waals surface area (Å²) in [6, 6.07) is 0.298. The van der Waals surface area contributed by atoms with Gasteiger partial charge in [-0.05, 0) is 19.4 Å². The maximum Gasteiger partial charge on any atom is 0.135 e. The first-order valence-corrected chi connectivity index (χ1v) is 5.88. The quantitative estimate of drug-likeness (QED) is 0.676. The Kier molecular flexibility index (Phi) is 2.49. The van der Waals surface area contributed by atoms with Gasteiger partial charge in [-0.25, -0.2) is 9.97 Å². The van der Waals surface area contributed by atoms with E-state index in [4.69, 9.17) is 5.73 Å². The second-order valence-electron chi connectivity index (χ2n) is 4.54. The molecule has 1 aromatic rings. The van der Waals surface area contributed by atoms with Gasteiger partial charge in [-0.1, -0.05) is 0 Å². The molecular weight excluding hydrogens is 202 g/mol. The van der Waals surface area contributed by atoms with Gasteiger partial charge in [0.05, 0.1) is 5.69 Å². The predicted octanol–water partition coefficient (Wildman–Crippen LogP) is -0.340. The van der Waals surface area contributed by atoms with Gasteiger partial charge >= 0.3 is 0 Å². The first-order valence-electron chi connectivity index (χ1n) is 5.88. The Hall–Kier alpha value is -1.20. The van der Waals surface area contributed by atoms with Gasteiger partial charge in [0.15, 0.2) is 0 Å². The van der Waals surface area contributed by atoms with E-state index < -0.39 is 0 Å². The van der Waals surface area contributed by atoms with Crippen LogP contribution in [0.2, 0.25) is 0 Å². The van der Waals surface area contributed by atoms with Crippen molar-refractivity contribution in [1.82, 2.24) is 15.3 Å². The topological polar surface area (TPSA) is 67.1 Å². The molecule has 2 aliphatic heterocycles. The fourth-order valence-corrected chi connectivity index (χ4v) is 2.52. The number of anilines is 1. The van der Waals surface area contributed by atoms with E-state index in [9.17, 15) is 0 Å². The summed E-state index contributed by atoms with van der Waals surface area (Å²) < 4.78 is 0. The van der Waals surface area contributed by atoms with Crippen LogP contribution in [-0.4, -0.2) is 35.6 Å². The molecule has 1 saturated heterocycles. The molecule has 3 rings (SSSR count). The van der Waals surface area contributed by atoms with Crippen LogP contribution in [0.5, 0.6) is 0 Å². The van der Waals surface area contributed by atoms with Crippen LogP contribution in [-0.2, 0) is 13.0 Å². The number of nitrogens with one attached hydrogen (secondary N) is 1. The first kappa shape index (κ1) is 9.99. The molecule has 5 nitrogen and oxygen atoms in total. The Morgan fingerprint density at radius 3 is 3.19 bits per heavy atom. The molecule has 16 heavy (non-hydrogen) atoms. The minimum Gasteiger partial charge on any atom is -0.355 e. The predicted molar refractivity (Wildman–Crippen MR) is 62.2 cm³/mol. The summed E-state index contributed by atoms with van der Waals surface area (Å²) in [5.74, 6) is 1.11. The van der Waals surface area contributed by atoms with Crippen LogP contribution in [0.3, 0.4) is 0 Å². The molecule has 0 radical (unpaired) electrons. The molecule has 3 N–H and O–H groups in total. The average Bonchev–Trinajstić information content (AvgIpc) is 2.75. The van der Waals surface area contributed by atoms with Crippen LogP contribution in [0.1, 0.15) is 17.7 Å². The van der Waals surface area contributed by atoms with Crippen molar-refractivity contribution in [3.63, 3.8) is 0 Å². The molecule has 1 aromatic heterocycles. The minimum absolute atomic E-state index is 0.298. The molecular formula is C11H17N5. The number of hydrogen-bond donors (Lipinski definition) is 2. The second-order valence-corrected chi connectivity index (χ2v) is 4.54. The Balaban J connectivity index is 1.94. The van der Waals surface area contributed by atoms with Gasteiger partial charge in [0, 0.05) is 31.2 Å². The Bertz CT molecular complexity index is 392. The maximum absolute atomic E-state index is 5.94. The molecule has 0 saturated carbocycles. The Labute approximate surface area is 95.1 Å². The van der Waals surface area contributed by atoms with Crippen molar-refractivity contribution in [1.29, 1.82) is 0 Å². The van der Waals surface area contributed by atoms with Crippen molar-refractivity contribution in [2.24, 2.45) is 5.73 Å². The zero-order chi connectivity index (χ0) is 11.0. The van der Waals surface area contributed by atoms with Gasteiger partial charge in [0.25, 0.3) is 0 Å². The fraction of sp³-hybridized carbons (Fsp3) is 0.636. The van der Waals surface area contributed by atoms with Crippen molar-refractivity contribution in [2.75, 3.05) is 24.5 Å². The molecule has 1 unspecified atom stereocenters. The Morgan fingerprint density at radius 1 is 1.44 bits per heavy atom. The highest BCUT2D eigenvalue weighted by Gasteiger charge is 2.24. The highest BCUT2D eigenvalue weighted by Crippen LogP contribution is 2.25. The monoisotopic (exact) mass is 219 g/mol. The molecule has 3 heterocycles. The number of rotatable bonds is 1. The van der Waals surface area contributed by atoms with E-state index >= 15 is 0 Å². The van der Waals surface area contributed by atoms with Crippen molar-refractivity contribution in [3.05, 3.63) is 17.6 Å². The van der Waals surface area contributed by atoms with E-state index in [2.05, 4.69) is 20.2 Å². The molecule has 0 aromatic carbocycles. The van der Waals surface area contributed by atoms with Gasteiger partial charge in [-0.15, -0.1) is 0 Å². The van der Waals surface area contributed by atoms with Gasteiger partial charge in [0.2, 0.25) is 0 Å². The molecule has 0 amide bonds. The SMILES string of the molecule is NC1CCN(c2ncnc3c2CCNC3)C1. The number of nitrogens with zero attached hydrogens (tertiary/aromatic N) is 3. The molecule has 0 bridgehead atoms. The standard InChI is InChI=1S/C11H17N5/c12-8-2-4-16(6-8)11-9-1-3-13-5-10(9)14-7-15-11/h7-8,13H,1-6,12H2. The van der Waals surface area contributed by atoms with E-state index in [1.165, 1.54) is 5.56 Å². The maximum atomic E-state index is 5.94. The number of nitrogens with two attached hydrogens (primary N) is 1. The molecule has 5 heteroatoms. The lowest BCUT2D eigenvalue weighted by molar-refractivity contribution is 0.620. The first-order chi connectivity index (χ1) is 7.84. The summed E-state index contributed by atoms with van der Waals surface area (Å²) in [5.41, 5.74) is 8.41. The highest BCUT2D eigenvalue weighted by atomic mass is 15.2. The highest BCUT2D eigenvalue weighted by molar-refractivity contribution is 5.50. The zero-order valence-electron chi connectivity index (χ0n) is 9.32. The van der Waals surface area contributed by atoms with Crippen molar-refractivity contribution in [3.8, 4) is 0 Å². The lowest BCUT2D eigenvalue weighted by Gasteiger charge is -2.24. The van der Waals surface area contributed by atoms with Crippen LogP contribution >= 0.6 is 0 Å². The largest absolute Gasteiger partial charge is 0.355 e. The second kappa shape index (κ2) is 3.99. The third kappa shape index (κ3) is 1.66. The van der Waals surface area contributed by atoms with Crippen LogP contribution < -0.4 is 16.0 Å². The summed E-state index contributed by atoms with van der Waals surface area (Å²) in [6.45, 7) is 3.84. The van der Waals surface area contributed by atoms with Crippen LogP contribution in [0.4, 0.5) is 5.82 Å². The normalized spacial score (nSPS) is 24.6. The smallest absolute Gasteiger partial charge is 0.135 e. The number of hydrogen-bond acceptors (Lipinski definition) is 5. The van der Waals surface area contributed by atoms with Crippen molar-refractivity contribution < 1.29 is 0 Å². The van der Waals surface area contributed by atoms with E-state index in [-0.39, 0.29) is 0 Å². The average molecular weight is 219 g/mol. The molecule has 1 fully saturated rings. The van der Waals surface area contributed by atoms with Gasteiger partial charge in [0.1, 0.15) is 12.1 Å². The van der Waals surface area contributed by atoms with Crippen molar-refractivity contribution in [2.45, 2.75) is 25.4 Å². The van der Waals surface area contributed by atoms with Gasteiger partial charge < -0.3 is 16.0 Å². The third-order valence-electron chi connectivity index (χ3n) is 3.38. The summed E-state index contributed by atoms with van der Waals surface area (Å²) in [4.78, 5) is 11.1. The number of fused-ring (bicyclic) bond motifs is 1. The van der Waals surface area contributed by atoms with E-state index in [1.54, 1.807) is 6.33 Å². The summed E-state index contributed by atoms with van der Waals surface area (Å²) >= 11 is 0. The van der Waals surface area contributed by atoms with Crippen LogP contribution in [0.25, 0.3) is 0 Å². The van der Waals surface area contributed by atoms with Crippen LogP contribution in [0, 0.1) is 0 Å². The summed E-state index contributed by atoms with van der Waals surface area (Å²) in [7, 11) is 0. The molecule has 1 atom stereocenters. The van der Waals surface area contributed by atoms with Gasteiger partial charge in [-0.3, -0.25) is 0 Å². The van der Waals surface area contributed by atoms with Crippen molar-refractivity contribution >= 4 is 5.82 Å². The summed E-state index contributed by atoms with van der Waals surface area (Å²) in [5, 5.41) is 3.33. The Morgan fingerprint density at radius 2 is 2.38 bits per heavy atom. The van der Waals surface area contributed by atoms with Crippen LogP contribution in [0.15, 0.2) is 6.33 Å². The lowest BCUT2D eigenvalue weighted by Crippen LogP contribution is -2.31. The minimum atomic E-state index is 0.298. The molecule has 0 aliphatic carbocycles. The molecule has 2 aliphatic rings. The van der Waals surface area contributed by atoms with E-state index in [0.29, 0.717) is 6.04 Å².